The van der Waals surface area contributed by atoms with Gasteiger partial charge in [-0.15, -0.1) is 0 Å². The predicted octanol–water partition coefficient (Wildman–Crippen LogP) is 2.25. The molecule has 0 unspecified atom stereocenters. The van der Waals surface area contributed by atoms with Crippen LogP contribution in [0.5, 0.6) is 5.75 Å². The number of aromatic hydroxyl groups is 1. The number of carboxylic acids is 1. The normalized spacial score (nSPS) is 10.8. The molecule has 0 radical (unpaired) electrons. The Morgan fingerprint density at radius 1 is 1.50 bits per heavy atom. The van der Waals surface area contributed by atoms with Gasteiger partial charge in [0, 0.05) is 10.9 Å². The first kappa shape index (κ1) is 12.8. The maximum atomic E-state index is 12.5. The first-order valence-electron chi connectivity index (χ1n) is 4.23. The molecule has 1 rings (SSSR count). The van der Waals surface area contributed by atoms with E-state index in [4.69, 9.17) is 5.11 Å². The summed E-state index contributed by atoms with van der Waals surface area (Å²) in [5, 5.41) is 17.9. The van der Waals surface area contributed by atoms with E-state index in [1.54, 1.807) is 0 Å². The summed E-state index contributed by atoms with van der Waals surface area (Å²) in [4.78, 5) is 14.1. The predicted molar refractivity (Wildman–Crippen MR) is 54.8 cm³/mol. The third-order valence-electron chi connectivity index (χ3n) is 1.87. The molecule has 0 amide bonds. The van der Waals surface area contributed by atoms with E-state index in [1.165, 1.54) is 0 Å². The van der Waals surface area contributed by atoms with Gasteiger partial charge in [-0.05, 0) is 6.07 Å². The van der Waals surface area contributed by atoms with Crippen molar-refractivity contribution in [2.45, 2.75) is 18.2 Å². The smallest absolute Gasteiger partial charge is 0.309 e. The average Bonchev–Trinajstić information content (AvgIpc) is 2.19. The minimum atomic E-state index is -2.76. The molecular formula is C9H8BrF2NO3. The number of aliphatic carboxylic acids is 1. The van der Waals surface area contributed by atoms with Crippen LogP contribution in [0.3, 0.4) is 0 Å². The van der Waals surface area contributed by atoms with E-state index in [0.29, 0.717) is 0 Å². The topological polar surface area (TPSA) is 70.4 Å². The molecule has 0 aromatic carbocycles. The fourth-order valence-corrected chi connectivity index (χ4v) is 1.62. The highest BCUT2D eigenvalue weighted by Gasteiger charge is 2.18. The highest BCUT2D eigenvalue weighted by atomic mass is 79.9. The number of halogens is 3. The number of alkyl halides is 3. The van der Waals surface area contributed by atoms with Gasteiger partial charge in [0.15, 0.2) is 0 Å². The average molecular weight is 296 g/mol. The van der Waals surface area contributed by atoms with Crippen LogP contribution in [0.4, 0.5) is 8.78 Å². The lowest BCUT2D eigenvalue weighted by atomic mass is 10.1. The van der Waals surface area contributed by atoms with E-state index in [-0.39, 0.29) is 16.7 Å². The third-order valence-corrected chi connectivity index (χ3v) is 2.40. The highest BCUT2D eigenvalue weighted by molar-refractivity contribution is 9.08. The SMILES string of the molecule is O=C(O)Cc1nc(CBr)c(C(F)F)cc1O. The van der Waals surface area contributed by atoms with Crippen LogP contribution in [0.15, 0.2) is 6.07 Å². The maximum absolute atomic E-state index is 12.5. The molecule has 0 spiro atoms. The van der Waals surface area contributed by atoms with Gasteiger partial charge in [0.2, 0.25) is 0 Å². The largest absolute Gasteiger partial charge is 0.506 e. The quantitative estimate of drug-likeness (QED) is 0.836. The second-order valence-electron chi connectivity index (χ2n) is 2.99. The van der Waals surface area contributed by atoms with Crippen LogP contribution in [0.2, 0.25) is 0 Å². The van der Waals surface area contributed by atoms with Gasteiger partial charge in [0.25, 0.3) is 6.43 Å². The number of pyridine rings is 1. The first-order chi connectivity index (χ1) is 7.45. The van der Waals surface area contributed by atoms with Crippen LogP contribution >= 0.6 is 15.9 Å². The molecule has 0 aliphatic heterocycles. The maximum Gasteiger partial charge on any atom is 0.309 e. The Morgan fingerprint density at radius 2 is 2.12 bits per heavy atom. The minimum absolute atomic E-state index is 0.0315. The van der Waals surface area contributed by atoms with E-state index < -0.39 is 30.1 Å². The van der Waals surface area contributed by atoms with E-state index in [1.807, 2.05) is 0 Å². The number of rotatable bonds is 4. The second-order valence-corrected chi connectivity index (χ2v) is 3.56. The molecule has 88 valence electrons. The summed E-state index contributed by atoms with van der Waals surface area (Å²) in [6.07, 6.45) is -3.26. The molecular weight excluding hydrogens is 288 g/mol. The third kappa shape index (κ3) is 2.88. The summed E-state index contributed by atoms with van der Waals surface area (Å²) in [5.41, 5.74) is -0.487. The van der Waals surface area contributed by atoms with Crippen molar-refractivity contribution >= 4 is 21.9 Å². The van der Waals surface area contributed by atoms with Crippen molar-refractivity contribution in [2.24, 2.45) is 0 Å². The fourth-order valence-electron chi connectivity index (χ4n) is 1.17. The van der Waals surface area contributed by atoms with Crippen molar-refractivity contribution in [2.75, 3.05) is 0 Å². The van der Waals surface area contributed by atoms with Crippen LogP contribution < -0.4 is 0 Å². The lowest BCUT2D eigenvalue weighted by molar-refractivity contribution is -0.136. The van der Waals surface area contributed by atoms with Crippen molar-refractivity contribution in [1.82, 2.24) is 4.98 Å². The molecule has 0 atom stereocenters. The van der Waals surface area contributed by atoms with E-state index in [0.717, 1.165) is 6.07 Å². The first-order valence-corrected chi connectivity index (χ1v) is 5.35. The zero-order valence-corrected chi connectivity index (χ0v) is 9.54. The zero-order chi connectivity index (χ0) is 12.3. The number of hydrogen-bond donors (Lipinski definition) is 2. The molecule has 0 fully saturated rings. The summed E-state index contributed by atoms with van der Waals surface area (Å²) in [6.45, 7) is 0. The van der Waals surface area contributed by atoms with Crippen LogP contribution in [-0.4, -0.2) is 21.2 Å². The number of carboxylic acid groups (broad SMARTS) is 1. The molecule has 1 aromatic heterocycles. The van der Waals surface area contributed by atoms with Gasteiger partial charge in [-0.2, -0.15) is 0 Å². The van der Waals surface area contributed by atoms with Gasteiger partial charge in [0.05, 0.1) is 17.8 Å². The summed E-state index contributed by atoms with van der Waals surface area (Å²) in [6, 6.07) is 0.854. The Hall–Kier alpha value is -1.24. The van der Waals surface area contributed by atoms with E-state index in [9.17, 15) is 18.7 Å². The Bertz CT molecular complexity index is 412. The Balaban J connectivity index is 3.20. The molecule has 0 saturated carbocycles. The van der Waals surface area contributed by atoms with Crippen LogP contribution in [0.1, 0.15) is 23.4 Å². The van der Waals surface area contributed by atoms with Crippen molar-refractivity contribution in [3.63, 3.8) is 0 Å². The van der Waals surface area contributed by atoms with Gasteiger partial charge in [0.1, 0.15) is 5.75 Å². The van der Waals surface area contributed by atoms with E-state index in [2.05, 4.69) is 20.9 Å². The Kier molecular flexibility index (Phi) is 4.17. The second kappa shape index (κ2) is 5.20. The lowest BCUT2D eigenvalue weighted by Gasteiger charge is -2.09. The van der Waals surface area contributed by atoms with Gasteiger partial charge in [-0.1, -0.05) is 15.9 Å². The standard InChI is InChI=1S/C9H8BrF2NO3/c10-3-6-4(9(11)12)1-7(14)5(13-6)2-8(15)16/h1,9,14H,2-3H2,(H,15,16). The van der Waals surface area contributed by atoms with E-state index >= 15 is 0 Å². The summed E-state index contributed by atoms with van der Waals surface area (Å²) >= 11 is 2.98. The molecule has 1 aromatic rings. The zero-order valence-electron chi connectivity index (χ0n) is 7.95. The molecule has 0 aliphatic carbocycles. The van der Waals surface area contributed by atoms with Gasteiger partial charge in [-0.3, -0.25) is 9.78 Å². The van der Waals surface area contributed by atoms with Crippen LogP contribution in [0, 0.1) is 0 Å². The summed E-state index contributed by atoms with van der Waals surface area (Å²) < 4.78 is 25.0. The molecule has 7 heteroatoms. The molecule has 4 nitrogen and oxygen atoms in total. The number of hydrogen-bond acceptors (Lipinski definition) is 3. The van der Waals surface area contributed by atoms with Gasteiger partial charge < -0.3 is 10.2 Å². The van der Waals surface area contributed by atoms with Crippen molar-refractivity contribution in [3.05, 3.63) is 23.0 Å². The fraction of sp³-hybridized carbons (Fsp3) is 0.333. The molecule has 1 heterocycles. The van der Waals surface area contributed by atoms with Gasteiger partial charge in [-0.25, -0.2) is 8.78 Å². The summed E-state index contributed by atoms with van der Waals surface area (Å²) in [5.74, 6) is -1.71. The number of aromatic nitrogens is 1. The number of nitrogens with zero attached hydrogens (tertiary/aromatic N) is 1. The Morgan fingerprint density at radius 3 is 2.56 bits per heavy atom. The molecule has 0 aliphatic rings. The molecule has 0 bridgehead atoms. The monoisotopic (exact) mass is 295 g/mol. The van der Waals surface area contributed by atoms with Gasteiger partial charge >= 0.3 is 5.97 Å². The lowest BCUT2D eigenvalue weighted by Crippen LogP contribution is -2.06. The van der Waals surface area contributed by atoms with Crippen LogP contribution in [-0.2, 0) is 16.5 Å². The van der Waals surface area contributed by atoms with Crippen molar-refractivity contribution in [1.29, 1.82) is 0 Å². The molecule has 0 saturated heterocycles. The summed E-state index contributed by atoms with van der Waals surface area (Å²) in [7, 11) is 0. The highest BCUT2D eigenvalue weighted by Crippen LogP contribution is 2.28. The van der Waals surface area contributed by atoms with Crippen molar-refractivity contribution in [3.8, 4) is 5.75 Å². The van der Waals surface area contributed by atoms with Crippen molar-refractivity contribution < 1.29 is 23.8 Å². The molecule has 2 N–H and O–H groups in total. The minimum Gasteiger partial charge on any atom is -0.506 e. The molecule has 16 heavy (non-hydrogen) atoms. The van der Waals surface area contributed by atoms with Crippen LogP contribution in [0.25, 0.3) is 0 Å². The number of carbonyl (C=O) groups is 1. The Labute approximate surface area is 98.1 Å².